The summed E-state index contributed by atoms with van der Waals surface area (Å²) in [5, 5.41) is 12.3. The largest absolute Gasteiger partial charge is 1.00 e. The van der Waals surface area contributed by atoms with E-state index in [1.807, 2.05) is 13.1 Å². The van der Waals surface area contributed by atoms with Crippen molar-refractivity contribution in [2.75, 3.05) is 20.7 Å². The molecule has 0 aliphatic heterocycles. The number of hydrogen-bond acceptors (Lipinski definition) is 5. The van der Waals surface area contributed by atoms with E-state index < -0.39 is 5.56 Å². The van der Waals surface area contributed by atoms with Crippen molar-refractivity contribution in [3.63, 3.8) is 0 Å². The van der Waals surface area contributed by atoms with Crippen molar-refractivity contribution in [3.8, 4) is 23.1 Å². The third-order valence-electron chi connectivity index (χ3n) is 3.28. The second-order valence-corrected chi connectivity index (χ2v) is 4.78. The highest BCUT2D eigenvalue weighted by molar-refractivity contribution is 5.66. The minimum Gasteiger partial charge on any atom is -1.00 e. The number of rotatable bonds is 6. The molecule has 0 aliphatic rings. The van der Waals surface area contributed by atoms with Gasteiger partial charge in [-0.3, -0.25) is 4.79 Å². The zero-order valence-electron chi connectivity index (χ0n) is 13.0. The van der Waals surface area contributed by atoms with Crippen LogP contribution in [-0.2, 0) is 6.42 Å². The number of nitrogens with one attached hydrogen (secondary N) is 2. The average molecular weight is 378 g/mol. The van der Waals surface area contributed by atoms with E-state index in [1.165, 1.54) is 0 Å². The zero-order valence-corrected chi connectivity index (χ0v) is 14.6. The Kier molecular flexibility index (Phi) is 7.45. The Bertz CT molecular complexity index is 735. The lowest BCUT2D eigenvalue weighted by Gasteiger charge is -2.07. The molecule has 1 aromatic carbocycles. The first-order chi connectivity index (χ1) is 10.7. The Balaban J connectivity index is 0.00000264. The zero-order chi connectivity index (χ0) is 15.9. The minimum atomic E-state index is -0.400. The van der Waals surface area contributed by atoms with Gasteiger partial charge in [-0.2, -0.15) is 5.26 Å². The van der Waals surface area contributed by atoms with E-state index in [1.54, 1.807) is 31.4 Å². The third-order valence-corrected chi connectivity index (χ3v) is 3.28. The molecule has 1 heterocycles. The van der Waals surface area contributed by atoms with Gasteiger partial charge in [0.25, 0.3) is 5.56 Å². The molecular weight excluding hydrogens is 360 g/mol. The summed E-state index contributed by atoms with van der Waals surface area (Å²) in [6, 6.07) is 9.07. The Morgan fingerprint density at radius 1 is 1.35 bits per heavy atom. The number of ether oxygens (including phenoxy) is 1. The molecular formula is C16H18BrN4O2-. The SMILES string of the molecule is CNCCCc1nc(-c2ccc(OC)cc2)c(C#N)c(=O)[nH]1.[Br-]. The summed E-state index contributed by atoms with van der Waals surface area (Å²) < 4.78 is 5.11. The predicted octanol–water partition coefficient (Wildman–Crippen LogP) is -1.53. The molecule has 0 amide bonds. The number of nitriles is 1. The Morgan fingerprint density at radius 3 is 2.61 bits per heavy atom. The van der Waals surface area contributed by atoms with E-state index in [0.29, 0.717) is 23.7 Å². The fraction of sp³-hybridized carbons (Fsp3) is 0.312. The van der Waals surface area contributed by atoms with Gasteiger partial charge in [-0.15, -0.1) is 0 Å². The van der Waals surface area contributed by atoms with Gasteiger partial charge in [0.2, 0.25) is 0 Å². The number of nitrogens with zero attached hydrogens (tertiary/aromatic N) is 2. The lowest BCUT2D eigenvalue weighted by Crippen LogP contribution is -3.00. The molecule has 2 N–H and O–H groups in total. The second-order valence-electron chi connectivity index (χ2n) is 4.78. The molecule has 0 saturated heterocycles. The Hall–Kier alpha value is -2.17. The molecule has 2 aromatic rings. The van der Waals surface area contributed by atoms with Crippen molar-refractivity contribution >= 4 is 0 Å². The highest BCUT2D eigenvalue weighted by Crippen LogP contribution is 2.22. The number of H-pyrrole nitrogens is 1. The monoisotopic (exact) mass is 377 g/mol. The maximum Gasteiger partial charge on any atom is 0.269 e. The summed E-state index contributed by atoms with van der Waals surface area (Å²) in [7, 11) is 3.46. The van der Waals surface area contributed by atoms with Crippen molar-refractivity contribution < 1.29 is 21.7 Å². The van der Waals surface area contributed by atoms with E-state index in [2.05, 4.69) is 15.3 Å². The van der Waals surface area contributed by atoms with Crippen LogP contribution in [0.4, 0.5) is 0 Å². The first-order valence-electron chi connectivity index (χ1n) is 7.02. The minimum absolute atomic E-state index is 0. The third kappa shape index (κ3) is 4.65. The Morgan fingerprint density at radius 2 is 2.04 bits per heavy atom. The fourth-order valence-electron chi connectivity index (χ4n) is 2.13. The number of benzene rings is 1. The van der Waals surface area contributed by atoms with Gasteiger partial charge < -0.3 is 32.0 Å². The van der Waals surface area contributed by atoms with Crippen molar-refractivity contribution in [2.24, 2.45) is 0 Å². The summed E-state index contributed by atoms with van der Waals surface area (Å²) in [4.78, 5) is 19.2. The average Bonchev–Trinajstić information content (AvgIpc) is 2.55. The van der Waals surface area contributed by atoms with Crippen LogP contribution in [0.3, 0.4) is 0 Å². The van der Waals surface area contributed by atoms with Crippen LogP contribution in [0.5, 0.6) is 5.75 Å². The molecule has 1 aromatic heterocycles. The lowest BCUT2D eigenvalue weighted by molar-refractivity contribution is -0.00000532. The smallest absolute Gasteiger partial charge is 0.269 e. The van der Waals surface area contributed by atoms with Crippen LogP contribution in [-0.4, -0.2) is 30.7 Å². The summed E-state index contributed by atoms with van der Waals surface area (Å²) >= 11 is 0. The molecule has 0 aliphatic carbocycles. The maximum absolute atomic E-state index is 12.1. The number of aromatic amines is 1. The van der Waals surface area contributed by atoms with Crippen LogP contribution in [0.15, 0.2) is 29.1 Å². The van der Waals surface area contributed by atoms with E-state index in [-0.39, 0.29) is 22.5 Å². The van der Waals surface area contributed by atoms with Gasteiger partial charge in [-0.25, -0.2) is 4.98 Å². The van der Waals surface area contributed by atoms with E-state index in [4.69, 9.17) is 4.74 Å². The van der Waals surface area contributed by atoms with Gasteiger partial charge in [0.15, 0.2) is 0 Å². The van der Waals surface area contributed by atoms with Crippen LogP contribution in [0.1, 0.15) is 17.8 Å². The van der Waals surface area contributed by atoms with E-state index in [0.717, 1.165) is 18.5 Å². The Labute approximate surface area is 145 Å². The van der Waals surface area contributed by atoms with Crippen LogP contribution in [0.25, 0.3) is 11.3 Å². The first kappa shape index (κ1) is 18.9. The van der Waals surface area contributed by atoms with Crippen molar-refractivity contribution in [3.05, 3.63) is 46.0 Å². The topological polar surface area (TPSA) is 90.8 Å². The highest BCUT2D eigenvalue weighted by atomic mass is 79.9. The first-order valence-corrected chi connectivity index (χ1v) is 7.02. The van der Waals surface area contributed by atoms with E-state index >= 15 is 0 Å². The second kappa shape index (κ2) is 9.08. The molecule has 0 atom stereocenters. The molecule has 0 fully saturated rings. The van der Waals surface area contributed by atoms with Gasteiger partial charge in [0.1, 0.15) is 23.2 Å². The number of hydrogen-bond donors (Lipinski definition) is 2. The molecule has 122 valence electrons. The quantitative estimate of drug-likeness (QED) is 0.596. The summed E-state index contributed by atoms with van der Waals surface area (Å²) in [5.74, 6) is 1.30. The van der Waals surface area contributed by atoms with Gasteiger partial charge in [0.05, 0.1) is 12.8 Å². The van der Waals surface area contributed by atoms with Gasteiger partial charge in [-0.05, 0) is 44.3 Å². The number of aromatic nitrogens is 2. The molecule has 7 heteroatoms. The fourth-order valence-corrected chi connectivity index (χ4v) is 2.13. The molecule has 6 nitrogen and oxygen atoms in total. The standard InChI is InChI=1S/C16H18N4O2.BrH/c1-18-9-3-4-14-19-15(13(10-17)16(21)20-14)11-5-7-12(22-2)8-6-11;/h5-8,18H,3-4,9H2,1-2H3,(H,19,20,21);1H/p-1. The van der Waals surface area contributed by atoms with Crippen LogP contribution in [0, 0.1) is 11.3 Å². The highest BCUT2D eigenvalue weighted by Gasteiger charge is 2.13. The summed E-state index contributed by atoms with van der Waals surface area (Å²) in [5.41, 5.74) is 0.761. The van der Waals surface area contributed by atoms with Crippen LogP contribution >= 0.6 is 0 Å². The molecule has 0 bridgehead atoms. The number of halogens is 1. The van der Waals surface area contributed by atoms with Gasteiger partial charge >= 0.3 is 0 Å². The summed E-state index contributed by atoms with van der Waals surface area (Å²) in [6.07, 6.45) is 1.50. The normalized spacial score (nSPS) is 9.78. The van der Waals surface area contributed by atoms with Crippen molar-refractivity contribution in [2.45, 2.75) is 12.8 Å². The van der Waals surface area contributed by atoms with Crippen LogP contribution in [0.2, 0.25) is 0 Å². The number of aryl methyl sites for hydroxylation is 1. The van der Waals surface area contributed by atoms with E-state index in [9.17, 15) is 10.1 Å². The molecule has 23 heavy (non-hydrogen) atoms. The lowest BCUT2D eigenvalue weighted by atomic mass is 10.1. The molecule has 0 unspecified atom stereocenters. The summed E-state index contributed by atoms with van der Waals surface area (Å²) in [6.45, 7) is 0.835. The van der Waals surface area contributed by atoms with Crippen LogP contribution < -0.4 is 32.6 Å². The predicted molar refractivity (Wildman–Crippen MR) is 83.8 cm³/mol. The van der Waals surface area contributed by atoms with Gasteiger partial charge in [0, 0.05) is 12.0 Å². The van der Waals surface area contributed by atoms with Crippen molar-refractivity contribution in [1.82, 2.24) is 15.3 Å². The maximum atomic E-state index is 12.1. The van der Waals surface area contributed by atoms with Gasteiger partial charge in [-0.1, -0.05) is 0 Å². The van der Waals surface area contributed by atoms with Crippen molar-refractivity contribution in [1.29, 1.82) is 5.26 Å². The number of methoxy groups -OCH3 is 1. The molecule has 0 saturated carbocycles. The molecule has 0 spiro atoms. The molecule has 2 rings (SSSR count). The molecule has 0 radical (unpaired) electrons.